The van der Waals surface area contributed by atoms with Gasteiger partial charge in [0.15, 0.2) is 0 Å². The van der Waals surface area contributed by atoms with E-state index in [9.17, 15) is 4.79 Å². The molecule has 0 bridgehead atoms. The zero-order valence-electron chi connectivity index (χ0n) is 22.4. The SMILES string of the molecule is CC(C)(C)C1(CO[SiH3])N=c2ccc(-c3ccccc3)c(C(=O)OCc3ccccc3)c2=C1c1ccccc1. The number of ether oxygens (including phenoxy) is 1. The molecule has 0 saturated heterocycles. The first-order valence-electron chi connectivity index (χ1n) is 12.9. The molecule has 38 heavy (non-hydrogen) atoms. The van der Waals surface area contributed by atoms with Crippen LogP contribution in [-0.4, -0.2) is 28.6 Å². The lowest BCUT2D eigenvalue weighted by atomic mass is 9.68. The molecule has 192 valence electrons. The minimum atomic E-state index is -0.664. The zero-order valence-corrected chi connectivity index (χ0v) is 24.4. The van der Waals surface area contributed by atoms with Gasteiger partial charge in [-0.1, -0.05) is 118 Å². The number of hydrogen-bond acceptors (Lipinski definition) is 4. The zero-order chi connectivity index (χ0) is 26.8. The lowest BCUT2D eigenvalue weighted by molar-refractivity contribution is 0.0472. The maximum atomic E-state index is 14.1. The van der Waals surface area contributed by atoms with Crippen molar-refractivity contribution in [3.63, 3.8) is 0 Å². The van der Waals surface area contributed by atoms with Crippen LogP contribution in [0.25, 0.3) is 16.7 Å². The first-order chi connectivity index (χ1) is 18.4. The van der Waals surface area contributed by atoms with E-state index in [2.05, 4.69) is 32.9 Å². The summed E-state index contributed by atoms with van der Waals surface area (Å²) >= 11 is 0. The number of nitrogens with zero attached hydrogens (tertiary/aromatic N) is 1. The summed E-state index contributed by atoms with van der Waals surface area (Å²) in [6.07, 6.45) is 0. The van der Waals surface area contributed by atoms with Crippen molar-refractivity contribution in [3.8, 4) is 11.1 Å². The molecule has 0 radical (unpaired) electrons. The molecule has 1 atom stereocenters. The monoisotopic (exact) mass is 519 g/mol. The average molecular weight is 520 g/mol. The highest BCUT2D eigenvalue weighted by atomic mass is 28.2. The number of hydrogen-bond donors (Lipinski definition) is 0. The Morgan fingerprint density at radius 1 is 0.816 bits per heavy atom. The minimum absolute atomic E-state index is 0.198. The molecule has 4 aromatic rings. The molecular formula is C33H33NO3Si. The van der Waals surface area contributed by atoms with Gasteiger partial charge in [-0.15, -0.1) is 0 Å². The van der Waals surface area contributed by atoms with E-state index in [1.54, 1.807) is 0 Å². The second-order valence-corrected chi connectivity index (χ2v) is 11.3. The summed E-state index contributed by atoms with van der Waals surface area (Å²) in [5.41, 5.74) is 4.39. The minimum Gasteiger partial charge on any atom is -0.457 e. The van der Waals surface area contributed by atoms with Gasteiger partial charge in [-0.05, 0) is 39.3 Å². The molecule has 5 heteroatoms. The standard InChI is InChI=1S/C33H33NO3Si/c1-32(2,3)33(22-37-38)30(25-17-11-6-12-18-25)29-27(34-33)20-19-26(24-15-9-5-10-16-24)28(29)31(35)36-21-23-13-7-4-8-14-23/h4-20H,21-22H2,1-3,38H3. The number of rotatable bonds is 7. The lowest BCUT2D eigenvalue weighted by Crippen LogP contribution is -2.46. The van der Waals surface area contributed by atoms with Crippen LogP contribution in [0.15, 0.2) is 108 Å². The van der Waals surface area contributed by atoms with Gasteiger partial charge in [0.25, 0.3) is 0 Å². The lowest BCUT2D eigenvalue weighted by Gasteiger charge is -2.41. The molecule has 0 saturated carbocycles. The molecular weight excluding hydrogens is 486 g/mol. The molecule has 1 heterocycles. The largest absolute Gasteiger partial charge is 0.457 e. The first kappa shape index (κ1) is 25.8. The molecule has 4 nitrogen and oxygen atoms in total. The fraction of sp³-hybridized carbons (Fsp3) is 0.212. The van der Waals surface area contributed by atoms with Crippen LogP contribution in [0.1, 0.15) is 42.3 Å². The third kappa shape index (κ3) is 4.64. The van der Waals surface area contributed by atoms with Crippen molar-refractivity contribution in [2.75, 3.05) is 6.61 Å². The Morgan fingerprint density at radius 2 is 1.39 bits per heavy atom. The van der Waals surface area contributed by atoms with Crippen LogP contribution in [-0.2, 0) is 15.8 Å². The van der Waals surface area contributed by atoms with Crippen LogP contribution < -0.4 is 10.6 Å². The second kappa shape index (κ2) is 10.5. The van der Waals surface area contributed by atoms with Gasteiger partial charge in [0.2, 0.25) is 0 Å². The Kier molecular flexibility index (Phi) is 7.15. The van der Waals surface area contributed by atoms with Crippen LogP contribution in [0.2, 0.25) is 0 Å². The summed E-state index contributed by atoms with van der Waals surface area (Å²) in [5.74, 6) is -0.357. The number of carbonyl (C=O) groups excluding carboxylic acids is 1. The number of carbonyl (C=O) groups is 1. The highest BCUT2D eigenvalue weighted by molar-refractivity contribution is 6.00. The van der Waals surface area contributed by atoms with Crippen molar-refractivity contribution in [2.24, 2.45) is 10.4 Å². The Balaban J connectivity index is 1.84. The van der Waals surface area contributed by atoms with Crippen molar-refractivity contribution < 1.29 is 14.0 Å². The molecule has 1 aliphatic rings. The van der Waals surface area contributed by atoms with Gasteiger partial charge >= 0.3 is 5.97 Å². The predicted molar refractivity (Wildman–Crippen MR) is 155 cm³/mol. The maximum Gasteiger partial charge on any atom is 0.339 e. The summed E-state index contributed by atoms with van der Waals surface area (Å²) in [5, 5.41) is 1.63. The average Bonchev–Trinajstić information content (AvgIpc) is 3.28. The molecule has 0 aliphatic carbocycles. The van der Waals surface area contributed by atoms with E-state index in [1.807, 2.05) is 91.0 Å². The predicted octanol–water partition coefficient (Wildman–Crippen LogP) is 4.62. The fourth-order valence-corrected chi connectivity index (χ4v) is 5.75. The van der Waals surface area contributed by atoms with Crippen LogP contribution in [0.4, 0.5) is 0 Å². The van der Waals surface area contributed by atoms with Gasteiger partial charge < -0.3 is 9.16 Å². The molecule has 0 aromatic heterocycles. The van der Waals surface area contributed by atoms with Gasteiger partial charge in [0, 0.05) is 5.22 Å². The third-order valence-corrected chi connectivity index (χ3v) is 7.61. The summed E-state index contributed by atoms with van der Waals surface area (Å²) in [6, 6.07) is 34.1. The molecule has 5 rings (SSSR count). The van der Waals surface area contributed by atoms with Crippen molar-refractivity contribution in [3.05, 3.63) is 130 Å². The Morgan fingerprint density at radius 3 is 1.97 bits per heavy atom. The van der Waals surface area contributed by atoms with Gasteiger partial charge in [-0.2, -0.15) is 0 Å². The fourth-order valence-electron chi connectivity index (χ4n) is 5.33. The second-order valence-electron chi connectivity index (χ2n) is 10.7. The van der Waals surface area contributed by atoms with E-state index in [0.29, 0.717) is 22.7 Å². The van der Waals surface area contributed by atoms with Crippen LogP contribution in [0.5, 0.6) is 0 Å². The molecule has 0 spiro atoms. The molecule has 1 aliphatic heterocycles. The normalized spacial score (nSPS) is 16.7. The summed E-state index contributed by atoms with van der Waals surface area (Å²) < 4.78 is 11.9. The van der Waals surface area contributed by atoms with Gasteiger partial charge in [0.05, 0.1) is 17.5 Å². The highest BCUT2D eigenvalue weighted by Crippen LogP contribution is 2.44. The van der Waals surface area contributed by atoms with Crippen LogP contribution in [0, 0.1) is 5.41 Å². The van der Waals surface area contributed by atoms with Gasteiger partial charge in [0.1, 0.15) is 22.6 Å². The van der Waals surface area contributed by atoms with Crippen molar-refractivity contribution in [2.45, 2.75) is 32.9 Å². The first-order valence-corrected chi connectivity index (χ1v) is 13.8. The molecule has 4 aromatic carbocycles. The topological polar surface area (TPSA) is 47.9 Å². The Hall–Kier alpha value is -3.80. The van der Waals surface area contributed by atoms with Crippen LogP contribution >= 0.6 is 0 Å². The molecule has 1 unspecified atom stereocenters. The molecule has 0 amide bonds. The highest BCUT2D eigenvalue weighted by Gasteiger charge is 2.48. The number of benzene rings is 4. The quantitative estimate of drug-likeness (QED) is 0.264. The Labute approximate surface area is 227 Å². The van der Waals surface area contributed by atoms with E-state index in [1.165, 1.54) is 0 Å². The van der Waals surface area contributed by atoms with E-state index < -0.39 is 5.54 Å². The summed E-state index contributed by atoms with van der Waals surface area (Å²) in [6.45, 7) is 7.22. The van der Waals surface area contributed by atoms with E-state index in [4.69, 9.17) is 14.2 Å². The number of esters is 1. The molecule has 0 fully saturated rings. The molecule has 0 N–H and O–H groups in total. The van der Waals surface area contributed by atoms with Crippen molar-refractivity contribution in [1.29, 1.82) is 0 Å². The van der Waals surface area contributed by atoms with Crippen molar-refractivity contribution >= 4 is 22.0 Å². The third-order valence-electron chi connectivity index (χ3n) is 7.32. The smallest absolute Gasteiger partial charge is 0.339 e. The van der Waals surface area contributed by atoms with E-state index >= 15 is 0 Å². The maximum absolute atomic E-state index is 14.1. The van der Waals surface area contributed by atoms with Crippen molar-refractivity contribution in [1.82, 2.24) is 0 Å². The van der Waals surface area contributed by atoms with Gasteiger partial charge in [-0.25, -0.2) is 4.79 Å². The van der Waals surface area contributed by atoms with Crippen LogP contribution in [0.3, 0.4) is 0 Å². The van der Waals surface area contributed by atoms with E-state index in [0.717, 1.165) is 38.4 Å². The summed E-state index contributed by atoms with van der Waals surface area (Å²) in [7, 11) is 0.590. The number of fused-ring (bicyclic) bond motifs is 1. The van der Waals surface area contributed by atoms with Gasteiger partial charge in [-0.3, -0.25) is 4.99 Å². The van der Waals surface area contributed by atoms with E-state index in [-0.39, 0.29) is 18.0 Å². The summed E-state index contributed by atoms with van der Waals surface area (Å²) in [4.78, 5) is 19.4. The Bertz CT molecular complexity index is 1560.